The summed E-state index contributed by atoms with van der Waals surface area (Å²) in [6, 6.07) is 63.8. The number of imidazole rings is 1. The van der Waals surface area contributed by atoms with E-state index in [0.717, 1.165) is 41.0 Å². The van der Waals surface area contributed by atoms with E-state index in [2.05, 4.69) is 139 Å². The number of hydrogen-bond acceptors (Lipinski definition) is 1. The van der Waals surface area contributed by atoms with Crippen molar-refractivity contribution in [1.29, 1.82) is 0 Å². The summed E-state index contributed by atoms with van der Waals surface area (Å²) in [7, 11) is 0. The van der Waals surface area contributed by atoms with E-state index < -0.39 is 0 Å². The van der Waals surface area contributed by atoms with Gasteiger partial charge in [-0.3, -0.25) is 4.98 Å². The van der Waals surface area contributed by atoms with Gasteiger partial charge in [-0.1, -0.05) is 102 Å². The molecular formula is C54H57HfKN2-4. The fourth-order valence-corrected chi connectivity index (χ4v) is 5.79. The van der Waals surface area contributed by atoms with Gasteiger partial charge in [-0.15, -0.1) is 42.5 Å². The van der Waals surface area contributed by atoms with Crippen LogP contribution in [0.2, 0.25) is 0 Å². The molecule has 0 aliphatic rings. The van der Waals surface area contributed by atoms with Gasteiger partial charge in [0.1, 0.15) is 5.82 Å². The van der Waals surface area contributed by atoms with Crippen LogP contribution in [-0.4, -0.2) is 9.55 Å². The van der Waals surface area contributed by atoms with Crippen molar-refractivity contribution in [3.05, 3.63) is 231 Å². The first-order chi connectivity index (χ1) is 27.2. The zero-order valence-electron chi connectivity index (χ0n) is 35.5. The van der Waals surface area contributed by atoms with Gasteiger partial charge in [0.25, 0.3) is 0 Å². The Morgan fingerprint density at radius 3 is 1.50 bits per heavy atom. The van der Waals surface area contributed by atoms with Gasteiger partial charge in [-0.05, 0) is 40.1 Å². The molecule has 4 heteroatoms. The molecule has 7 aromatic carbocycles. The average molecular weight is 952 g/mol. The smallest absolute Gasteiger partial charge is 0.378 e. The Morgan fingerprint density at radius 1 is 0.569 bits per heavy atom. The summed E-state index contributed by atoms with van der Waals surface area (Å²) in [5, 5.41) is 2.51. The van der Waals surface area contributed by atoms with E-state index in [0.29, 0.717) is 11.8 Å². The number of unbranched alkanes of at least 4 members (excludes halogenated alkanes) is 1. The molecule has 8 rings (SSSR count). The molecule has 0 fully saturated rings. The Kier molecular flexibility index (Phi) is 24.4. The summed E-state index contributed by atoms with van der Waals surface area (Å²) < 4.78 is 2.34. The van der Waals surface area contributed by atoms with Crippen molar-refractivity contribution in [2.24, 2.45) is 0 Å². The number of aromatic nitrogens is 2. The molecule has 0 bridgehead atoms. The fraction of sp³-hybridized carbons (Fsp3) is 0.185. The quantitative estimate of drug-likeness (QED) is 0.120. The molecule has 0 atom stereocenters. The van der Waals surface area contributed by atoms with Crippen LogP contribution in [0, 0.1) is 32.9 Å². The third kappa shape index (κ3) is 16.9. The van der Waals surface area contributed by atoms with Gasteiger partial charge < -0.3 is 4.57 Å². The normalized spacial score (nSPS) is 9.91. The van der Waals surface area contributed by atoms with Crippen LogP contribution in [0.4, 0.5) is 0 Å². The predicted octanol–water partition coefficient (Wildman–Crippen LogP) is 11.8. The van der Waals surface area contributed by atoms with E-state index in [1.54, 1.807) is 0 Å². The molecule has 1 aromatic heterocycles. The Morgan fingerprint density at radius 2 is 1.03 bits per heavy atom. The Bertz CT molecular complexity index is 2160. The summed E-state index contributed by atoms with van der Waals surface area (Å²) in [5.74, 6) is 2.22. The summed E-state index contributed by atoms with van der Waals surface area (Å²) in [6.07, 6.45) is 2.32. The maximum atomic E-state index is 4.89. The molecule has 8 aromatic rings. The van der Waals surface area contributed by atoms with E-state index in [4.69, 9.17) is 4.98 Å². The Hall–Kier alpha value is -3.61. The van der Waals surface area contributed by atoms with E-state index in [9.17, 15) is 0 Å². The monoisotopic (exact) mass is 952 g/mol. The van der Waals surface area contributed by atoms with Crippen LogP contribution in [0.15, 0.2) is 170 Å². The second-order valence-electron chi connectivity index (χ2n) is 14.2. The van der Waals surface area contributed by atoms with E-state index in [1.165, 1.54) is 39.4 Å². The molecule has 2 nitrogen and oxygen atoms in total. The van der Waals surface area contributed by atoms with E-state index in [-0.39, 0.29) is 77.2 Å². The summed E-state index contributed by atoms with van der Waals surface area (Å²) >= 11 is 0. The largest absolute Gasteiger partial charge is 1.00 e. The van der Waals surface area contributed by atoms with Gasteiger partial charge in [0.05, 0.1) is 0 Å². The SMILES string of the molecule is CC(C)c1[c-]c(C(C)C)ccc1.CCCCn1c(-c2cccc3ccccc23)nc2[c-]cccc21.[CH2-]c1ccccc1.[CH2-]c1ccccc1.[CH2-]c1ccccc1.[Hf].[K+]. The molecule has 1 heterocycles. The number of fused-ring (bicyclic) bond motifs is 2. The maximum Gasteiger partial charge on any atom is 1.00 e. The minimum atomic E-state index is 0. The molecular weight excluding hydrogens is 894 g/mol. The number of aryl methyl sites for hydroxylation is 1. The van der Waals surface area contributed by atoms with Crippen molar-refractivity contribution >= 4 is 21.8 Å². The first-order valence-electron chi connectivity index (χ1n) is 19.7. The summed E-state index contributed by atoms with van der Waals surface area (Å²) in [6.45, 7) is 23.2. The second kappa shape index (κ2) is 28.0. The van der Waals surface area contributed by atoms with Gasteiger partial charge in [0.15, 0.2) is 0 Å². The zero-order chi connectivity index (χ0) is 40.1. The Labute approximate surface area is 411 Å². The first kappa shape index (κ1) is 50.5. The van der Waals surface area contributed by atoms with Gasteiger partial charge in [-0.25, -0.2) is 0 Å². The number of nitrogens with zero attached hydrogens (tertiary/aromatic N) is 2. The molecule has 0 aliphatic carbocycles. The number of benzene rings is 7. The van der Waals surface area contributed by atoms with Crippen molar-refractivity contribution in [3.8, 4) is 11.4 Å². The summed E-state index contributed by atoms with van der Waals surface area (Å²) in [5.41, 5.74) is 9.18. The first-order valence-corrected chi connectivity index (χ1v) is 19.7. The van der Waals surface area contributed by atoms with Crippen LogP contribution in [-0.2, 0) is 32.4 Å². The van der Waals surface area contributed by atoms with Gasteiger partial charge in [0, 0.05) is 38.0 Å². The van der Waals surface area contributed by atoms with Crippen molar-refractivity contribution in [3.63, 3.8) is 0 Å². The van der Waals surface area contributed by atoms with Crippen LogP contribution >= 0.6 is 0 Å². The number of hydrogen-bond donors (Lipinski definition) is 0. The predicted molar refractivity (Wildman–Crippen MR) is 243 cm³/mol. The third-order valence-corrected chi connectivity index (χ3v) is 8.96. The number of para-hydroxylation sites is 1. The van der Waals surface area contributed by atoms with Gasteiger partial charge in [0.2, 0.25) is 0 Å². The molecule has 0 saturated heterocycles. The fourth-order valence-electron chi connectivity index (χ4n) is 5.79. The molecule has 0 saturated carbocycles. The molecule has 0 unspecified atom stereocenters. The third-order valence-electron chi connectivity index (χ3n) is 8.96. The number of rotatable bonds is 6. The van der Waals surface area contributed by atoms with E-state index in [1.807, 2.05) is 103 Å². The van der Waals surface area contributed by atoms with Crippen LogP contribution < -0.4 is 51.4 Å². The van der Waals surface area contributed by atoms with Crippen LogP contribution in [0.25, 0.3) is 33.2 Å². The molecule has 58 heavy (non-hydrogen) atoms. The minimum absolute atomic E-state index is 0. The molecule has 0 spiro atoms. The zero-order valence-corrected chi connectivity index (χ0v) is 42.2. The molecule has 0 radical (unpaired) electrons. The van der Waals surface area contributed by atoms with Crippen molar-refractivity contribution in [2.45, 2.75) is 65.8 Å². The van der Waals surface area contributed by atoms with Crippen LogP contribution in [0.1, 0.15) is 87.1 Å². The van der Waals surface area contributed by atoms with Crippen molar-refractivity contribution < 1.29 is 77.2 Å². The second-order valence-corrected chi connectivity index (χ2v) is 14.2. The van der Waals surface area contributed by atoms with Crippen molar-refractivity contribution in [2.75, 3.05) is 0 Å². The average Bonchev–Trinajstić information content (AvgIpc) is 3.60. The molecule has 0 N–H and O–H groups in total. The molecule has 0 aliphatic heterocycles. The van der Waals surface area contributed by atoms with Crippen LogP contribution in [0.5, 0.6) is 0 Å². The standard InChI is InChI=1S/C21H19N2.C12H17.3C7H7.Hf.K/c1-2-3-15-23-20-14-7-6-13-19(20)22-21(23)18-12-8-10-16-9-4-5-11-17(16)18;1-9(2)11-6-5-7-12(8-11)10(3)4;3*1-7-5-3-2-4-6-7;;/h4-12,14H,2-3,15H2,1H3;5-7,9-10H,1-4H3;3*2-6H,1H2;;/q5*-1;;+1. The van der Waals surface area contributed by atoms with Gasteiger partial charge >= 0.3 is 51.4 Å². The van der Waals surface area contributed by atoms with Crippen molar-refractivity contribution in [1.82, 2.24) is 9.55 Å². The minimum Gasteiger partial charge on any atom is -0.378 e. The molecule has 0 amide bonds. The summed E-state index contributed by atoms with van der Waals surface area (Å²) in [4.78, 5) is 4.89. The van der Waals surface area contributed by atoms with Gasteiger partial charge in [-0.2, -0.15) is 127 Å². The Balaban J connectivity index is 0.000000278. The topological polar surface area (TPSA) is 17.8 Å². The molecule has 292 valence electrons. The van der Waals surface area contributed by atoms with E-state index >= 15 is 0 Å². The maximum absolute atomic E-state index is 4.89. The van der Waals surface area contributed by atoms with Crippen LogP contribution in [0.3, 0.4) is 0 Å².